The molecule has 0 aromatic rings. The van der Waals surface area contributed by atoms with Gasteiger partial charge in [0, 0.05) is 0 Å². The van der Waals surface area contributed by atoms with Crippen LogP contribution in [-0.2, 0) is 44.8 Å². The zero-order valence-corrected chi connectivity index (χ0v) is 8.67. The summed E-state index contributed by atoms with van der Waals surface area (Å²) in [7, 11) is 0. The van der Waals surface area contributed by atoms with Crippen molar-refractivity contribution in [2.24, 2.45) is 0 Å². The van der Waals surface area contributed by atoms with Crippen molar-refractivity contribution < 1.29 is 83.5 Å². The summed E-state index contributed by atoms with van der Waals surface area (Å²) in [5.74, 6) is 0. The van der Waals surface area contributed by atoms with E-state index in [0.717, 1.165) is 0 Å². The molecule has 68 valence electrons. The Morgan fingerprint density at radius 2 is 0.778 bits per heavy atom. The van der Waals surface area contributed by atoms with Gasteiger partial charge < -0.3 is 0 Å². The number of rotatable bonds is 0. The summed E-state index contributed by atoms with van der Waals surface area (Å²) < 4.78 is 48.2. The summed E-state index contributed by atoms with van der Waals surface area (Å²) in [6.07, 6.45) is 0. The van der Waals surface area contributed by atoms with Gasteiger partial charge in [0.05, 0.1) is 0 Å². The van der Waals surface area contributed by atoms with Gasteiger partial charge in [0.15, 0.2) is 0 Å². The Morgan fingerprint density at radius 1 is 0.778 bits per heavy atom. The van der Waals surface area contributed by atoms with E-state index in [9.17, 15) is 0 Å². The molecule has 0 bridgehead atoms. The van der Waals surface area contributed by atoms with Gasteiger partial charge in [-0.15, -0.1) is 0 Å². The van der Waals surface area contributed by atoms with Gasteiger partial charge in [0.25, 0.3) is 0 Å². The van der Waals surface area contributed by atoms with E-state index in [1.165, 1.54) is 0 Å². The van der Waals surface area contributed by atoms with E-state index >= 15 is 0 Å². The quantitative estimate of drug-likeness (QED) is 0.253. The van der Waals surface area contributed by atoms with Crippen molar-refractivity contribution in [1.29, 1.82) is 0 Å². The van der Waals surface area contributed by atoms with E-state index in [1.807, 2.05) is 0 Å². The fourth-order valence-electron chi connectivity index (χ4n) is 0. The van der Waals surface area contributed by atoms with E-state index in [-0.39, 0.29) is 44.8 Å². The van der Waals surface area contributed by atoms with Crippen molar-refractivity contribution in [3.8, 4) is 0 Å². The fourth-order valence-corrected chi connectivity index (χ4v) is 0. The second kappa shape index (κ2) is 2.79. The summed E-state index contributed by atoms with van der Waals surface area (Å²) >= 11 is -8.87. The second-order valence-electron chi connectivity index (χ2n) is 1.04. The Kier molecular flexibility index (Phi) is 5.31. The molecule has 0 heterocycles. The first-order valence-corrected chi connectivity index (χ1v) is 6.51. The zero-order chi connectivity index (χ0) is 6.41. The van der Waals surface area contributed by atoms with Crippen molar-refractivity contribution in [3.63, 3.8) is 0 Å². The second-order valence-corrected chi connectivity index (χ2v) is 6.96. The van der Waals surface area contributed by atoms with Gasteiger partial charge in [-0.1, -0.05) is 0 Å². The first-order chi connectivity index (χ1) is 2.45. The van der Waals surface area contributed by atoms with Crippen LogP contribution in [0.1, 0.15) is 0 Å². The van der Waals surface area contributed by atoms with E-state index < -0.39 is 18.2 Å². The van der Waals surface area contributed by atoms with Crippen LogP contribution in [0.2, 0.25) is 0 Å². The van der Waals surface area contributed by atoms with E-state index in [2.05, 4.69) is 0 Å². The normalized spacial score (nSPS) is 18.0. The summed E-state index contributed by atoms with van der Waals surface area (Å²) in [4.78, 5) is 0. The van der Waals surface area contributed by atoms with Crippen LogP contribution in [0.5, 0.6) is 0 Å². The third-order valence-electron chi connectivity index (χ3n) is 0. The molecule has 6 nitrogen and oxygen atoms in total. The number of halogens is 1. The molecule has 0 aliphatic carbocycles. The topological polar surface area (TPSA) is 130 Å². The molecule has 0 amide bonds. The molecule has 0 saturated carbocycles. The Labute approximate surface area is 82.6 Å². The standard InChI is InChI=1S/2Ag.H3IO6/c;;2-1(3,4,5,6)7/h;;2-4H/q2*+1;-2. The first kappa shape index (κ1) is 17.2. The molecule has 0 saturated heterocycles. The molecular weight excluding hydrogens is 439 g/mol. The molecule has 0 unspecified atom stereocenters. The van der Waals surface area contributed by atoms with Crippen LogP contribution in [0.15, 0.2) is 0 Å². The van der Waals surface area contributed by atoms with Crippen LogP contribution in [0.25, 0.3) is 0 Å². The van der Waals surface area contributed by atoms with Crippen LogP contribution < -0.4 is 28.5 Å². The van der Waals surface area contributed by atoms with Gasteiger partial charge in [-0.2, -0.15) is 0 Å². The molecule has 9 heteroatoms. The molecule has 0 aromatic carbocycles. The Bertz CT molecular complexity index is 69.6. The van der Waals surface area contributed by atoms with Crippen molar-refractivity contribution in [1.82, 2.24) is 0 Å². The van der Waals surface area contributed by atoms with Gasteiger partial charge in [0.2, 0.25) is 0 Å². The molecule has 0 rings (SSSR count). The zero-order valence-electron chi connectivity index (χ0n) is 3.55. The third-order valence-corrected chi connectivity index (χ3v) is 0. The fraction of sp³-hybridized carbons (Fsp3) is 0. The summed E-state index contributed by atoms with van der Waals surface area (Å²) in [6, 6.07) is 0. The van der Waals surface area contributed by atoms with Gasteiger partial charge >= 0.3 is 83.5 Å². The Morgan fingerprint density at radius 3 is 0.778 bits per heavy atom. The summed E-state index contributed by atoms with van der Waals surface area (Å²) in [5.41, 5.74) is 0. The average molecular weight is 442 g/mol. The number of hydrogen-bond donors (Lipinski definition) is 3. The summed E-state index contributed by atoms with van der Waals surface area (Å²) in [5, 5.41) is 0. The van der Waals surface area contributed by atoms with Gasteiger partial charge in [-0.05, 0) is 0 Å². The molecule has 0 aliphatic rings. The summed E-state index contributed by atoms with van der Waals surface area (Å²) in [6.45, 7) is 0. The molecule has 0 aromatic heterocycles. The van der Waals surface area contributed by atoms with Gasteiger partial charge in [0.1, 0.15) is 0 Å². The van der Waals surface area contributed by atoms with Crippen LogP contribution >= 0.6 is 0 Å². The van der Waals surface area contributed by atoms with E-state index in [1.54, 1.807) is 0 Å². The van der Waals surface area contributed by atoms with E-state index in [0.29, 0.717) is 0 Å². The minimum absolute atomic E-state index is 0. The van der Waals surface area contributed by atoms with Crippen molar-refractivity contribution in [3.05, 3.63) is 0 Å². The predicted octanol–water partition coefficient (Wildman–Crippen LogP) is -8.24. The maximum absolute atomic E-state index is 9.00. The first-order valence-electron chi connectivity index (χ1n) is 0.970. The van der Waals surface area contributed by atoms with Crippen molar-refractivity contribution in [2.75, 3.05) is 0 Å². The van der Waals surface area contributed by atoms with E-state index in [4.69, 9.17) is 20.6 Å². The number of hydrogen-bond acceptors (Lipinski definition) is 6. The molecule has 9 heavy (non-hydrogen) atoms. The monoisotopic (exact) mass is 440 g/mol. The maximum atomic E-state index is 9.00. The van der Waals surface area contributed by atoms with Crippen LogP contribution in [0.4, 0.5) is 0 Å². The van der Waals surface area contributed by atoms with Crippen molar-refractivity contribution in [2.45, 2.75) is 0 Å². The Hall–Kier alpha value is 1.97. The molecule has 0 atom stereocenters. The van der Waals surface area contributed by atoms with Crippen LogP contribution in [0.3, 0.4) is 0 Å². The molecule has 0 fully saturated rings. The molecule has 0 radical (unpaired) electrons. The van der Waals surface area contributed by atoms with Gasteiger partial charge in [-0.25, -0.2) is 0 Å². The van der Waals surface area contributed by atoms with Crippen LogP contribution in [-0.4, -0.2) is 10.3 Å². The molecule has 3 N–H and O–H groups in total. The Balaban J connectivity index is -0.000000180. The molecule has 0 aliphatic heterocycles. The predicted molar refractivity (Wildman–Crippen MR) is 6.66 cm³/mol. The van der Waals surface area contributed by atoms with Crippen LogP contribution in [0, 0.1) is 0 Å². The minimum atomic E-state index is -8.87. The third kappa shape index (κ3) is 163. The van der Waals surface area contributed by atoms with Crippen molar-refractivity contribution >= 4 is 0 Å². The SMILES string of the molecule is [Ag+].[Ag+].[O-][I+]([O-])([O-])(O)(O)O. The molecular formula is H3Ag2IO6. The average Bonchev–Trinajstić information content (AvgIpc) is 0.592. The molecule has 0 spiro atoms. The van der Waals surface area contributed by atoms with Gasteiger partial charge in [-0.3, -0.25) is 0 Å².